The van der Waals surface area contributed by atoms with E-state index in [1.54, 1.807) is 18.3 Å². The molecule has 2 aliphatic rings. The van der Waals surface area contributed by atoms with E-state index < -0.39 is 0 Å². The Hall–Kier alpha value is -2.18. The third-order valence-electron chi connectivity index (χ3n) is 6.07. The number of halogens is 1. The van der Waals surface area contributed by atoms with E-state index in [-0.39, 0.29) is 11.2 Å². The second-order valence-electron chi connectivity index (χ2n) is 7.83. The highest BCUT2D eigenvalue weighted by molar-refractivity contribution is 7.17. The highest BCUT2D eigenvalue weighted by Crippen LogP contribution is 2.40. The van der Waals surface area contributed by atoms with E-state index in [1.807, 2.05) is 4.90 Å². The van der Waals surface area contributed by atoms with Gasteiger partial charge < -0.3 is 9.80 Å². The number of carbonyl (C=O) groups excluding carboxylic acids is 1. The topological polar surface area (TPSA) is 49.3 Å². The molecule has 0 atom stereocenters. The van der Waals surface area contributed by atoms with Gasteiger partial charge in [0, 0.05) is 44.0 Å². The van der Waals surface area contributed by atoms with Crippen molar-refractivity contribution >= 4 is 44.9 Å². The van der Waals surface area contributed by atoms with Crippen molar-refractivity contribution in [2.24, 2.45) is 0 Å². The molecule has 1 aromatic carbocycles. The summed E-state index contributed by atoms with van der Waals surface area (Å²) < 4.78 is 0. The standard InChI is InChI=1S/C22H23ClN4OS/c1-14(28)26-8-10-27(11-9-26)20-19-18(13-29-21(19)25-22(23)24-20)17-7-6-15-4-2-3-5-16(15)12-17/h6-7,12-13H,2-5,8-11H2,1H3. The normalized spacial score (nSPS) is 16.9. The number of benzene rings is 1. The maximum atomic E-state index is 11.7. The Labute approximate surface area is 179 Å². The Morgan fingerprint density at radius 2 is 1.83 bits per heavy atom. The van der Waals surface area contributed by atoms with E-state index in [0.29, 0.717) is 13.1 Å². The summed E-state index contributed by atoms with van der Waals surface area (Å²) in [4.78, 5) is 25.8. The summed E-state index contributed by atoms with van der Waals surface area (Å²) >= 11 is 7.88. The van der Waals surface area contributed by atoms with Gasteiger partial charge in [0.25, 0.3) is 0 Å². The predicted molar refractivity (Wildman–Crippen MR) is 119 cm³/mol. The minimum absolute atomic E-state index is 0.126. The summed E-state index contributed by atoms with van der Waals surface area (Å²) in [6.45, 7) is 4.54. The van der Waals surface area contributed by atoms with Crippen LogP contribution in [0.4, 0.5) is 5.82 Å². The van der Waals surface area contributed by atoms with E-state index >= 15 is 0 Å². The Kier molecular flexibility index (Phi) is 4.92. The number of aryl methyl sites for hydroxylation is 2. The van der Waals surface area contributed by atoms with Gasteiger partial charge >= 0.3 is 0 Å². The molecule has 0 saturated carbocycles. The van der Waals surface area contributed by atoms with E-state index in [1.165, 1.54) is 41.5 Å². The summed E-state index contributed by atoms with van der Waals surface area (Å²) in [6.07, 6.45) is 4.90. The molecule has 0 unspecified atom stereocenters. The first-order valence-electron chi connectivity index (χ1n) is 10.2. The average Bonchev–Trinajstić information content (AvgIpc) is 3.16. The number of anilines is 1. The summed E-state index contributed by atoms with van der Waals surface area (Å²) in [5, 5.41) is 3.53. The zero-order valence-corrected chi connectivity index (χ0v) is 18.0. The third kappa shape index (κ3) is 3.49. The maximum Gasteiger partial charge on any atom is 0.225 e. The molecule has 3 heterocycles. The predicted octanol–water partition coefficient (Wildman–Crippen LogP) is 4.56. The molecule has 2 aromatic heterocycles. The maximum absolute atomic E-state index is 11.7. The Balaban J connectivity index is 1.57. The largest absolute Gasteiger partial charge is 0.352 e. The van der Waals surface area contributed by atoms with Gasteiger partial charge in [-0.1, -0.05) is 18.2 Å². The molecule has 3 aromatic rings. The highest BCUT2D eigenvalue weighted by atomic mass is 35.5. The van der Waals surface area contributed by atoms with Crippen LogP contribution in [0, 0.1) is 0 Å². The van der Waals surface area contributed by atoms with E-state index in [4.69, 9.17) is 11.6 Å². The van der Waals surface area contributed by atoms with Crippen molar-refractivity contribution in [1.82, 2.24) is 14.9 Å². The van der Waals surface area contributed by atoms with Crippen molar-refractivity contribution in [1.29, 1.82) is 0 Å². The summed E-state index contributed by atoms with van der Waals surface area (Å²) in [5.41, 5.74) is 5.37. The van der Waals surface area contributed by atoms with Crippen LogP contribution in [0.15, 0.2) is 23.6 Å². The molecule has 0 radical (unpaired) electrons. The van der Waals surface area contributed by atoms with Crippen LogP contribution < -0.4 is 4.90 Å². The minimum Gasteiger partial charge on any atom is -0.352 e. The minimum atomic E-state index is 0.126. The van der Waals surface area contributed by atoms with Crippen LogP contribution in [-0.2, 0) is 17.6 Å². The van der Waals surface area contributed by atoms with E-state index in [2.05, 4.69) is 38.4 Å². The second-order valence-corrected chi connectivity index (χ2v) is 9.03. The molecule has 150 valence electrons. The van der Waals surface area contributed by atoms with Gasteiger partial charge in [0.1, 0.15) is 10.6 Å². The van der Waals surface area contributed by atoms with E-state index in [9.17, 15) is 4.79 Å². The van der Waals surface area contributed by atoms with Crippen LogP contribution in [0.25, 0.3) is 21.3 Å². The lowest BCUT2D eigenvalue weighted by atomic mass is 9.89. The fourth-order valence-corrected chi connectivity index (χ4v) is 5.63. The summed E-state index contributed by atoms with van der Waals surface area (Å²) in [5.74, 6) is 1.01. The van der Waals surface area contributed by atoms with Crippen LogP contribution in [0.5, 0.6) is 0 Å². The molecule has 1 fully saturated rings. The lowest BCUT2D eigenvalue weighted by Crippen LogP contribution is -2.48. The van der Waals surface area contributed by atoms with Gasteiger partial charge in [-0.25, -0.2) is 4.98 Å². The molecule has 5 nitrogen and oxygen atoms in total. The number of hydrogen-bond donors (Lipinski definition) is 0. The number of piperazine rings is 1. The summed E-state index contributed by atoms with van der Waals surface area (Å²) in [7, 11) is 0. The number of thiophene rings is 1. The van der Waals surface area contributed by atoms with Gasteiger partial charge in [0.15, 0.2) is 0 Å². The van der Waals surface area contributed by atoms with E-state index in [0.717, 1.165) is 35.5 Å². The number of carbonyl (C=O) groups is 1. The molecular weight excluding hydrogens is 404 g/mol. The fourth-order valence-electron chi connectivity index (χ4n) is 4.47. The lowest BCUT2D eigenvalue weighted by molar-refractivity contribution is -0.129. The zero-order chi connectivity index (χ0) is 20.0. The van der Waals surface area contributed by atoms with Crippen LogP contribution in [0.1, 0.15) is 30.9 Å². The van der Waals surface area contributed by atoms with Crippen LogP contribution in [-0.4, -0.2) is 47.0 Å². The molecule has 7 heteroatoms. The number of amides is 1. The fraction of sp³-hybridized carbons (Fsp3) is 0.409. The molecule has 0 bridgehead atoms. The number of aromatic nitrogens is 2. The Bertz CT molecular complexity index is 1090. The van der Waals surface area contributed by atoms with Gasteiger partial charge in [-0.05, 0) is 54.0 Å². The first kappa shape index (κ1) is 18.8. The summed E-state index contributed by atoms with van der Waals surface area (Å²) in [6, 6.07) is 6.87. The van der Waals surface area contributed by atoms with Crippen LogP contribution in [0.3, 0.4) is 0 Å². The Morgan fingerprint density at radius 1 is 1.07 bits per heavy atom. The molecule has 1 aliphatic carbocycles. The van der Waals surface area contributed by atoms with Crippen molar-refractivity contribution in [3.8, 4) is 11.1 Å². The Morgan fingerprint density at radius 3 is 2.59 bits per heavy atom. The SMILES string of the molecule is CC(=O)N1CCN(c2nc(Cl)nc3scc(-c4ccc5c(c4)CCCC5)c23)CC1. The first-order valence-corrected chi connectivity index (χ1v) is 11.4. The van der Waals surface area contributed by atoms with Crippen molar-refractivity contribution in [2.75, 3.05) is 31.1 Å². The molecule has 5 rings (SSSR count). The average molecular weight is 427 g/mol. The van der Waals surface area contributed by atoms with Gasteiger partial charge in [0.05, 0.1) is 5.39 Å². The van der Waals surface area contributed by atoms with Crippen molar-refractivity contribution in [3.05, 3.63) is 40.0 Å². The zero-order valence-electron chi connectivity index (χ0n) is 16.4. The van der Waals surface area contributed by atoms with Crippen LogP contribution in [0.2, 0.25) is 5.28 Å². The van der Waals surface area contributed by atoms with Gasteiger partial charge in [-0.2, -0.15) is 4.98 Å². The quantitative estimate of drug-likeness (QED) is 0.563. The lowest BCUT2D eigenvalue weighted by Gasteiger charge is -2.35. The molecule has 0 N–H and O–H groups in total. The second kappa shape index (κ2) is 7.58. The number of fused-ring (bicyclic) bond motifs is 2. The molecule has 1 saturated heterocycles. The third-order valence-corrected chi connectivity index (χ3v) is 7.11. The number of rotatable bonds is 2. The van der Waals surface area contributed by atoms with Gasteiger partial charge in [-0.3, -0.25) is 4.79 Å². The molecule has 0 spiro atoms. The molecule has 29 heavy (non-hydrogen) atoms. The molecule has 1 aliphatic heterocycles. The van der Waals surface area contributed by atoms with Crippen molar-refractivity contribution < 1.29 is 4.79 Å². The monoisotopic (exact) mass is 426 g/mol. The van der Waals surface area contributed by atoms with Crippen molar-refractivity contribution in [3.63, 3.8) is 0 Å². The number of nitrogens with zero attached hydrogens (tertiary/aromatic N) is 4. The smallest absolute Gasteiger partial charge is 0.225 e. The molecule has 1 amide bonds. The number of hydrogen-bond acceptors (Lipinski definition) is 5. The highest BCUT2D eigenvalue weighted by Gasteiger charge is 2.24. The van der Waals surface area contributed by atoms with Crippen molar-refractivity contribution in [2.45, 2.75) is 32.6 Å². The van der Waals surface area contributed by atoms with Gasteiger partial charge in [0.2, 0.25) is 11.2 Å². The first-order chi connectivity index (χ1) is 14.1. The van der Waals surface area contributed by atoms with Gasteiger partial charge in [-0.15, -0.1) is 11.3 Å². The molecular formula is C22H23ClN4OS. The van der Waals surface area contributed by atoms with Crippen LogP contribution >= 0.6 is 22.9 Å².